The van der Waals surface area contributed by atoms with Crippen molar-refractivity contribution in [1.82, 2.24) is 20.2 Å². The van der Waals surface area contributed by atoms with E-state index in [0.29, 0.717) is 5.92 Å². The van der Waals surface area contributed by atoms with Crippen molar-refractivity contribution in [3.05, 3.63) is 29.5 Å². The Bertz CT molecular complexity index is 948. The number of aromatic amines is 2. The molecule has 124 valence electrons. The molecule has 3 aromatic rings. The number of nitrogens with one attached hydrogen (secondary N) is 3. The van der Waals surface area contributed by atoms with E-state index in [9.17, 15) is 4.79 Å². The topological polar surface area (TPSA) is 86.5 Å². The van der Waals surface area contributed by atoms with Gasteiger partial charge in [0.1, 0.15) is 5.69 Å². The van der Waals surface area contributed by atoms with Crippen LogP contribution in [-0.4, -0.2) is 26.1 Å². The number of H-pyrrole nitrogens is 2. The van der Waals surface area contributed by atoms with Gasteiger partial charge in [-0.15, -0.1) is 0 Å². The standard InChI is InChI=1S/C18H21N5O/c1-9(2)5-10-6-15(23-22-10)16-19-13-7-11-12(8-14(13)20-16)21-17(24)18(11,3)4/h6-9H,5H2,1-4H3,(H,19,20)(H,21,24)(H,22,23). The van der Waals surface area contributed by atoms with Crippen LogP contribution in [0.5, 0.6) is 0 Å². The van der Waals surface area contributed by atoms with E-state index in [1.807, 2.05) is 32.0 Å². The summed E-state index contributed by atoms with van der Waals surface area (Å²) in [5.41, 5.74) is 4.99. The van der Waals surface area contributed by atoms with E-state index in [0.717, 1.165) is 45.9 Å². The molecule has 6 nitrogen and oxygen atoms in total. The van der Waals surface area contributed by atoms with Crippen LogP contribution >= 0.6 is 0 Å². The van der Waals surface area contributed by atoms with Crippen molar-refractivity contribution < 1.29 is 4.79 Å². The molecule has 0 saturated heterocycles. The van der Waals surface area contributed by atoms with Gasteiger partial charge in [-0.2, -0.15) is 5.10 Å². The Balaban J connectivity index is 1.75. The third-order valence-electron chi connectivity index (χ3n) is 4.61. The predicted molar refractivity (Wildman–Crippen MR) is 93.9 cm³/mol. The summed E-state index contributed by atoms with van der Waals surface area (Å²) in [6.07, 6.45) is 0.960. The predicted octanol–water partition coefficient (Wildman–Crippen LogP) is 3.38. The summed E-state index contributed by atoms with van der Waals surface area (Å²) in [5, 5.41) is 10.4. The van der Waals surface area contributed by atoms with E-state index >= 15 is 0 Å². The fourth-order valence-corrected chi connectivity index (χ4v) is 3.23. The Kier molecular flexibility index (Phi) is 3.07. The monoisotopic (exact) mass is 323 g/mol. The number of imidazole rings is 1. The highest BCUT2D eigenvalue weighted by molar-refractivity contribution is 6.07. The van der Waals surface area contributed by atoms with Gasteiger partial charge < -0.3 is 10.3 Å². The number of carbonyl (C=O) groups is 1. The van der Waals surface area contributed by atoms with Gasteiger partial charge in [0.05, 0.1) is 16.4 Å². The highest BCUT2D eigenvalue weighted by Crippen LogP contribution is 2.39. The van der Waals surface area contributed by atoms with E-state index in [-0.39, 0.29) is 5.91 Å². The Morgan fingerprint density at radius 1 is 1.21 bits per heavy atom. The van der Waals surface area contributed by atoms with E-state index in [4.69, 9.17) is 0 Å². The summed E-state index contributed by atoms with van der Waals surface area (Å²) in [5.74, 6) is 1.34. The number of nitrogens with zero attached hydrogens (tertiary/aromatic N) is 2. The molecule has 1 aliphatic heterocycles. The van der Waals surface area contributed by atoms with Crippen LogP contribution in [0.2, 0.25) is 0 Å². The van der Waals surface area contributed by atoms with Gasteiger partial charge in [0.2, 0.25) is 5.91 Å². The average Bonchev–Trinajstić information content (AvgIpc) is 3.15. The minimum absolute atomic E-state index is 0.0241. The molecular weight excluding hydrogens is 302 g/mol. The van der Waals surface area contributed by atoms with Crippen LogP contribution in [0.25, 0.3) is 22.6 Å². The molecule has 0 bridgehead atoms. The Morgan fingerprint density at radius 3 is 2.75 bits per heavy atom. The summed E-state index contributed by atoms with van der Waals surface area (Å²) in [7, 11) is 0. The molecule has 3 heterocycles. The fourth-order valence-electron chi connectivity index (χ4n) is 3.23. The number of hydrogen-bond donors (Lipinski definition) is 3. The van der Waals surface area contributed by atoms with Crippen molar-refractivity contribution in [2.24, 2.45) is 5.92 Å². The van der Waals surface area contributed by atoms with Crippen LogP contribution in [0.4, 0.5) is 5.69 Å². The van der Waals surface area contributed by atoms with E-state index < -0.39 is 5.41 Å². The van der Waals surface area contributed by atoms with E-state index in [1.54, 1.807) is 0 Å². The van der Waals surface area contributed by atoms with Gasteiger partial charge in [-0.3, -0.25) is 9.89 Å². The van der Waals surface area contributed by atoms with Crippen molar-refractivity contribution in [2.45, 2.75) is 39.5 Å². The maximum absolute atomic E-state index is 12.1. The first-order valence-electron chi connectivity index (χ1n) is 8.25. The van der Waals surface area contributed by atoms with Gasteiger partial charge in [-0.25, -0.2) is 4.98 Å². The van der Waals surface area contributed by atoms with Crippen LogP contribution < -0.4 is 5.32 Å². The lowest BCUT2D eigenvalue weighted by molar-refractivity contribution is -0.119. The molecule has 0 aliphatic carbocycles. The van der Waals surface area contributed by atoms with Crippen LogP contribution in [0.15, 0.2) is 18.2 Å². The van der Waals surface area contributed by atoms with Gasteiger partial charge in [0.25, 0.3) is 0 Å². The summed E-state index contributed by atoms with van der Waals surface area (Å²) in [4.78, 5) is 20.0. The average molecular weight is 323 g/mol. The lowest BCUT2D eigenvalue weighted by atomic mass is 9.86. The minimum atomic E-state index is -0.522. The normalized spacial score (nSPS) is 16.0. The van der Waals surface area contributed by atoms with Gasteiger partial charge in [0.15, 0.2) is 5.82 Å². The van der Waals surface area contributed by atoms with E-state index in [1.165, 1.54) is 0 Å². The number of fused-ring (bicyclic) bond motifs is 2. The first-order chi connectivity index (χ1) is 11.3. The summed E-state index contributed by atoms with van der Waals surface area (Å²) in [6.45, 7) is 8.23. The van der Waals surface area contributed by atoms with Crippen molar-refractivity contribution >= 4 is 22.6 Å². The third-order valence-corrected chi connectivity index (χ3v) is 4.61. The zero-order valence-corrected chi connectivity index (χ0v) is 14.3. The van der Waals surface area contributed by atoms with Crippen molar-refractivity contribution in [2.75, 3.05) is 5.32 Å². The van der Waals surface area contributed by atoms with Crippen LogP contribution in [0.3, 0.4) is 0 Å². The van der Waals surface area contributed by atoms with Crippen LogP contribution in [0.1, 0.15) is 39.0 Å². The van der Waals surface area contributed by atoms with Crippen molar-refractivity contribution in [3.8, 4) is 11.5 Å². The van der Waals surface area contributed by atoms with Gasteiger partial charge in [0, 0.05) is 11.4 Å². The number of hydrogen-bond acceptors (Lipinski definition) is 3. The molecule has 3 N–H and O–H groups in total. The molecule has 1 aliphatic rings. The lowest BCUT2D eigenvalue weighted by Gasteiger charge is -2.14. The molecule has 0 fully saturated rings. The second-order valence-electron chi connectivity index (χ2n) is 7.46. The number of benzene rings is 1. The molecule has 1 aromatic carbocycles. The molecule has 0 spiro atoms. The number of anilines is 1. The van der Waals surface area contributed by atoms with E-state index in [2.05, 4.69) is 39.3 Å². The Labute approximate surface area is 140 Å². The first kappa shape index (κ1) is 14.9. The van der Waals surface area contributed by atoms with Crippen molar-refractivity contribution in [1.29, 1.82) is 0 Å². The molecule has 24 heavy (non-hydrogen) atoms. The zero-order chi connectivity index (χ0) is 17.1. The highest BCUT2D eigenvalue weighted by Gasteiger charge is 2.38. The van der Waals surface area contributed by atoms with Gasteiger partial charge >= 0.3 is 0 Å². The summed E-state index contributed by atoms with van der Waals surface area (Å²) < 4.78 is 0. The Morgan fingerprint density at radius 2 is 2.00 bits per heavy atom. The highest BCUT2D eigenvalue weighted by atomic mass is 16.2. The van der Waals surface area contributed by atoms with Crippen LogP contribution in [-0.2, 0) is 16.6 Å². The van der Waals surface area contributed by atoms with Gasteiger partial charge in [-0.05, 0) is 49.9 Å². The molecule has 0 unspecified atom stereocenters. The molecule has 0 radical (unpaired) electrons. The van der Waals surface area contributed by atoms with Crippen LogP contribution in [0, 0.1) is 5.92 Å². The molecule has 6 heteroatoms. The Hall–Kier alpha value is -2.63. The molecule has 0 saturated carbocycles. The second-order valence-corrected chi connectivity index (χ2v) is 7.46. The lowest BCUT2D eigenvalue weighted by Crippen LogP contribution is -2.26. The fraction of sp³-hybridized carbons (Fsp3) is 0.389. The number of amides is 1. The van der Waals surface area contributed by atoms with Crippen molar-refractivity contribution in [3.63, 3.8) is 0 Å². The maximum Gasteiger partial charge on any atom is 0.234 e. The molecule has 2 aromatic heterocycles. The largest absolute Gasteiger partial charge is 0.337 e. The second kappa shape index (κ2) is 4.93. The SMILES string of the molecule is CC(C)Cc1cc(-c2nc3cc4c(cc3[nH]2)C(C)(C)C(=O)N4)n[nH]1. The number of rotatable bonds is 3. The molecule has 1 amide bonds. The number of carbonyl (C=O) groups excluding carboxylic acids is 1. The maximum atomic E-state index is 12.1. The summed E-state index contributed by atoms with van der Waals surface area (Å²) in [6, 6.07) is 5.98. The quantitative estimate of drug-likeness (QED) is 0.690. The molecular formula is C18H21N5O. The zero-order valence-electron chi connectivity index (χ0n) is 14.3. The minimum Gasteiger partial charge on any atom is -0.337 e. The summed E-state index contributed by atoms with van der Waals surface area (Å²) >= 11 is 0. The third kappa shape index (κ3) is 2.21. The number of aromatic nitrogens is 4. The molecule has 4 rings (SSSR count). The molecule has 0 atom stereocenters. The first-order valence-corrected chi connectivity index (χ1v) is 8.25. The van der Waals surface area contributed by atoms with Gasteiger partial charge in [-0.1, -0.05) is 13.8 Å². The smallest absolute Gasteiger partial charge is 0.234 e.